The largest absolute Gasteiger partial charge is 0.347 e. The van der Waals surface area contributed by atoms with E-state index in [-0.39, 0.29) is 23.5 Å². The third-order valence-electron chi connectivity index (χ3n) is 5.27. The van der Waals surface area contributed by atoms with Gasteiger partial charge in [-0.05, 0) is 37.7 Å². The highest BCUT2D eigenvalue weighted by Crippen LogP contribution is 2.31. The van der Waals surface area contributed by atoms with Gasteiger partial charge in [0.2, 0.25) is 0 Å². The van der Waals surface area contributed by atoms with Crippen LogP contribution >= 0.6 is 0 Å². The normalized spacial score (nSPS) is 21.3. The van der Waals surface area contributed by atoms with Crippen molar-refractivity contribution in [1.82, 2.24) is 15.1 Å². The number of fused-ring (bicyclic) bond motifs is 1. The van der Waals surface area contributed by atoms with E-state index in [1.165, 1.54) is 0 Å². The van der Waals surface area contributed by atoms with E-state index in [0.717, 1.165) is 42.5 Å². The number of carbonyl (C=O) groups is 1. The van der Waals surface area contributed by atoms with Crippen LogP contribution in [0.25, 0.3) is 0 Å². The lowest BCUT2D eigenvalue weighted by atomic mass is 9.95. The Morgan fingerprint density at radius 3 is 2.69 bits per heavy atom. The van der Waals surface area contributed by atoms with E-state index in [4.69, 9.17) is 0 Å². The molecule has 1 fully saturated rings. The molecule has 0 radical (unpaired) electrons. The fraction of sp³-hybridized carbons (Fsp3) is 0.474. The van der Waals surface area contributed by atoms with Crippen LogP contribution in [-0.2, 0) is 29.2 Å². The highest BCUT2D eigenvalue weighted by atomic mass is 32.2. The first-order valence-corrected chi connectivity index (χ1v) is 11.0. The Bertz CT molecular complexity index is 919. The zero-order chi connectivity index (χ0) is 18.1. The molecule has 1 N–H and O–H groups in total. The average Bonchev–Trinajstić information content (AvgIpc) is 3.21. The number of hydrogen-bond donors (Lipinski definition) is 1. The third kappa shape index (κ3) is 3.40. The summed E-state index contributed by atoms with van der Waals surface area (Å²) in [6.07, 6.45) is 4.39. The van der Waals surface area contributed by atoms with Gasteiger partial charge in [-0.1, -0.05) is 30.3 Å². The second kappa shape index (κ2) is 6.87. The van der Waals surface area contributed by atoms with Crippen LogP contribution in [0, 0.1) is 0 Å². The van der Waals surface area contributed by atoms with Crippen molar-refractivity contribution in [1.29, 1.82) is 0 Å². The maximum atomic E-state index is 12.7. The predicted octanol–water partition coefficient (Wildman–Crippen LogP) is 2.05. The third-order valence-corrected chi connectivity index (χ3v) is 7.02. The molecule has 1 aliphatic carbocycles. The number of carbonyl (C=O) groups excluding carboxylic acids is 1. The summed E-state index contributed by atoms with van der Waals surface area (Å²) in [5.41, 5.74) is 3.57. The lowest BCUT2D eigenvalue weighted by Gasteiger charge is -2.17. The lowest BCUT2D eigenvalue weighted by molar-refractivity contribution is 0.0944. The molecule has 6 nitrogen and oxygen atoms in total. The van der Waals surface area contributed by atoms with Crippen molar-refractivity contribution in [3.63, 3.8) is 0 Å². The summed E-state index contributed by atoms with van der Waals surface area (Å²) in [7, 11) is -2.99. The smallest absolute Gasteiger partial charge is 0.272 e. The van der Waals surface area contributed by atoms with Gasteiger partial charge in [-0.3, -0.25) is 9.48 Å². The molecular formula is C19H23N3O3S. The lowest BCUT2D eigenvalue weighted by Crippen LogP contribution is -2.24. The monoisotopic (exact) mass is 373 g/mol. The maximum absolute atomic E-state index is 12.7. The number of nitrogens with zero attached hydrogens (tertiary/aromatic N) is 2. The summed E-state index contributed by atoms with van der Waals surface area (Å²) in [6, 6.07) is 9.63. The van der Waals surface area contributed by atoms with Gasteiger partial charge in [0.15, 0.2) is 15.5 Å². The van der Waals surface area contributed by atoms with Gasteiger partial charge in [0, 0.05) is 17.8 Å². The topological polar surface area (TPSA) is 81.1 Å². The van der Waals surface area contributed by atoms with Crippen LogP contribution in [0.4, 0.5) is 0 Å². The summed E-state index contributed by atoms with van der Waals surface area (Å²) in [4.78, 5) is 12.7. The molecule has 26 heavy (non-hydrogen) atoms. The summed E-state index contributed by atoms with van der Waals surface area (Å²) in [6.45, 7) is 0.457. The number of hydrogen-bond acceptors (Lipinski definition) is 4. The van der Waals surface area contributed by atoms with E-state index in [2.05, 4.69) is 10.4 Å². The molecule has 2 aliphatic rings. The summed E-state index contributed by atoms with van der Waals surface area (Å²) in [5.74, 6) is 0.167. The van der Waals surface area contributed by atoms with Crippen molar-refractivity contribution >= 4 is 15.7 Å². The van der Waals surface area contributed by atoms with E-state index in [1.807, 2.05) is 35.0 Å². The van der Waals surface area contributed by atoms with Crippen LogP contribution in [0.5, 0.6) is 0 Å². The summed E-state index contributed by atoms with van der Waals surface area (Å²) >= 11 is 0. The summed E-state index contributed by atoms with van der Waals surface area (Å²) < 4.78 is 25.6. The number of amides is 1. The fourth-order valence-electron chi connectivity index (χ4n) is 3.94. The highest BCUT2D eigenvalue weighted by Gasteiger charge is 2.34. The molecule has 0 spiro atoms. The van der Waals surface area contributed by atoms with Crippen molar-refractivity contribution in [2.24, 2.45) is 0 Å². The molecule has 1 aromatic heterocycles. The van der Waals surface area contributed by atoms with Gasteiger partial charge >= 0.3 is 0 Å². The zero-order valence-corrected chi connectivity index (χ0v) is 15.5. The number of aromatic nitrogens is 2. The Labute approximate surface area is 153 Å². The van der Waals surface area contributed by atoms with Crippen LogP contribution in [0.15, 0.2) is 30.3 Å². The number of rotatable bonds is 4. The quantitative estimate of drug-likeness (QED) is 0.889. The first-order valence-electron chi connectivity index (χ1n) is 9.16. The molecule has 2 heterocycles. The van der Waals surface area contributed by atoms with Gasteiger partial charge in [0.05, 0.1) is 17.5 Å². The standard InChI is InChI=1S/C19H23N3O3S/c23-19(20-12-14-6-2-1-3-7-14)18-16-8-4-5-9-17(16)22(21-18)15-10-11-26(24,25)13-15/h1-3,6-7,15H,4-5,8-13H2,(H,20,23)/t15-/m1/s1. The maximum Gasteiger partial charge on any atom is 0.272 e. The molecule has 1 atom stereocenters. The van der Waals surface area contributed by atoms with Crippen LogP contribution in [0.1, 0.15) is 52.6 Å². The molecule has 1 aromatic carbocycles. The van der Waals surface area contributed by atoms with Gasteiger partial charge in [0.25, 0.3) is 5.91 Å². The molecule has 0 saturated carbocycles. The molecule has 1 amide bonds. The molecule has 1 aliphatic heterocycles. The number of sulfone groups is 1. The molecular weight excluding hydrogens is 350 g/mol. The minimum atomic E-state index is -2.99. The zero-order valence-electron chi connectivity index (χ0n) is 14.6. The van der Waals surface area contributed by atoms with Crippen molar-refractivity contribution in [2.75, 3.05) is 11.5 Å². The van der Waals surface area contributed by atoms with E-state index in [1.54, 1.807) is 0 Å². The van der Waals surface area contributed by atoms with Gasteiger partial charge in [-0.2, -0.15) is 5.10 Å². The second-order valence-corrected chi connectivity index (χ2v) is 9.38. The number of nitrogens with one attached hydrogen (secondary N) is 1. The SMILES string of the molecule is O=C(NCc1ccccc1)c1nn([C@@H]2CCS(=O)(=O)C2)c2c1CCCC2. The van der Waals surface area contributed by atoms with E-state index >= 15 is 0 Å². The van der Waals surface area contributed by atoms with Crippen LogP contribution in [-0.4, -0.2) is 35.6 Å². The van der Waals surface area contributed by atoms with E-state index < -0.39 is 9.84 Å². The Hall–Kier alpha value is -2.15. The average molecular weight is 373 g/mol. The Morgan fingerprint density at radius 2 is 1.96 bits per heavy atom. The van der Waals surface area contributed by atoms with Gasteiger partial charge in [-0.25, -0.2) is 8.42 Å². The Balaban J connectivity index is 1.59. The van der Waals surface area contributed by atoms with Crippen LogP contribution < -0.4 is 5.32 Å². The minimum absolute atomic E-state index is 0.131. The Morgan fingerprint density at radius 1 is 1.19 bits per heavy atom. The molecule has 0 bridgehead atoms. The van der Waals surface area contributed by atoms with Crippen LogP contribution in [0.3, 0.4) is 0 Å². The van der Waals surface area contributed by atoms with Gasteiger partial charge in [0.1, 0.15) is 0 Å². The number of benzene rings is 1. The predicted molar refractivity (Wildman–Crippen MR) is 98.8 cm³/mol. The molecule has 0 unspecified atom stereocenters. The van der Waals surface area contributed by atoms with Crippen LogP contribution in [0.2, 0.25) is 0 Å². The Kier molecular flexibility index (Phi) is 4.56. The second-order valence-electron chi connectivity index (χ2n) is 7.15. The van der Waals surface area contributed by atoms with Gasteiger partial charge < -0.3 is 5.32 Å². The summed E-state index contributed by atoms with van der Waals surface area (Å²) in [5, 5.41) is 7.54. The van der Waals surface area contributed by atoms with Crippen molar-refractivity contribution < 1.29 is 13.2 Å². The van der Waals surface area contributed by atoms with E-state index in [9.17, 15) is 13.2 Å². The highest BCUT2D eigenvalue weighted by molar-refractivity contribution is 7.91. The molecule has 1 saturated heterocycles. The van der Waals surface area contributed by atoms with Gasteiger partial charge in [-0.15, -0.1) is 0 Å². The van der Waals surface area contributed by atoms with E-state index in [0.29, 0.717) is 18.7 Å². The molecule has 7 heteroatoms. The molecule has 138 valence electrons. The van der Waals surface area contributed by atoms with Crippen molar-refractivity contribution in [2.45, 2.75) is 44.7 Å². The first-order chi connectivity index (χ1) is 12.5. The molecule has 4 rings (SSSR count). The fourth-order valence-corrected chi connectivity index (χ4v) is 5.63. The molecule has 2 aromatic rings. The van der Waals surface area contributed by atoms with Crippen molar-refractivity contribution in [3.05, 3.63) is 52.8 Å². The first kappa shape index (κ1) is 17.3. The van der Waals surface area contributed by atoms with Crippen molar-refractivity contribution in [3.8, 4) is 0 Å². The minimum Gasteiger partial charge on any atom is -0.347 e.